The largest absolute Gasteiger partial charge is 0.497 e. The van der Waals surface area contributed by atoms with Crippen molar-refractivity contribution < 1.29 is 9.47 Å². The highest BCUT2D eigenvalue weighted by atomic mass is 79.9. The maximum Gasteiger partial charge on any atom is 0.141 e. The van der Waals surface area contributed by atoms with E-state index in [0.29, 0.717) is 6.04 Å². The molecule has 0 aliphatic heterocycles. The van der Waals surface area contributed by atoms with Gasteiger partial charge in [0, 0.05) is 12.1 Å². The number of halogens is 1. The van der Waals surface area contributed by atoms with E-state index < -0.39 is 0 Å². The van der Waals surface area contributed by atoms with Crippen molar-refractivity contribution in [3.05, 3.63) is 52.5 Å². The van der Waals surface area contributed by atoms with Gasteiger partial charge in [-0.2, -0.15) is 0 Å². The summed E-state index contributed by atoms with van der Waals surface area (Å²) in [5.74, 6) is 2.31. The average molecular weight is 336 g/mol. The molecule has 3 nitrogen and oxygen atoms in total. The maximum absolute atomic E-state index is 5.87. The smallest absolute Gasteiger partial charge is 0.141 e. The molecular formula is C16H18BrNO2. The number of hydrogen-bond donors (Lipinski definition) is 1. The van der Waals surface area contributed by atoms with Gasteiger partial charge in [0.2, 0.25) is 0 Å². The summed E-state index contributed by atoms with van der Waals surface area (Å²) >= 11 is 3.55. The zero-order valence-corrected chi connectivity index (χ0v) is 13.4. The Kier molecular flexibility index (Phi) is 5.04. The number of rotatable bonds is 5. The molecule has 0 saturated carbocycles. The summed E-state index contributed by atoms with van der Waals surface area (Å²) < 4.78 is 12.0. The van der Waals surface area contributed by atoms with Gasteiger partial charge in [-0.1, -0.05) is 12.1 Å². The zero-order chi connectivity index (χ0) is 14.5. The Labute approximate surface area is 128 Å². The fourth-order valence-electron chi connectivity index (χ4n) is 1.83. The molecule has 0 aromatic heterocycles. The lowest BCUT2D eigenvalue weighted by Gasteiger charge is -2.14. The van der Waals surface area contributed by atoms with E-state index in [0.717, 1.165) is 21.7 Å². The molecule has 1 N–H and O–H groups in total. The van der Waals surface area contributed by atoms with E-state index in [1.807, 2.05) is 37.4 Å². The second-order valence-corrected chi connectivity index (χ2v) is 5.34. The molecule has 1 unspecified atom stereocenters. The molecular weight excluding hydrogens is 318 g/mol. The molecule has 1 atom stereocenters. The minimum atomic E-state index is 0.303. The summed E-state index contributed by atoms with van der Waals surface area (Å²) in [5, 5.41) is 3.21. The van der Waals surface area contributed by atoms with Gasteiger partial charge in [-0.05, 0) is 59.7 Å². The number of methoxy groups -OCH3 is 1. The Balaban J connectivity index is 2.21. The average Bonchev–Trinajstić information content (AvgIpc) is 2.48. The van der Waals surface area contributed by atoms with Crippen LogP contribution in [0, 0.1) is 0 Å². The first-order chi connectivity index (χ1) is 9.63. The van der Waals surface area contributed by atoms with Crippen LogP contribution in [0.5, 0.6) is 17.2 Å². The first-order valence-electron chi connectivity index (χ1n) is 6.42. The molecule has 2 rings (SSSR count). The Morgan fingerprint density at radius 2 is 1.85 bits per heavy atom. The van der Waals surface area contributed by atoms with E-state index >= 15 is 0 Å². The number of nitrogens with one attached hydrogen (secondary N) is 1. The third-order valence-corrected chi connectivity index (χ3v) is 3.78. The third kappa shape index (κ3) is 3.52. The van der Waals surface area contributed by atoms with Gasteiger partial charge >= 0.3 is 0 Å². The van der Waals surface area contributed by atoms with Crippen molar-refractivity contribution in [1.82, 2.24) is 5.32 Å². The molecule has 0 saturated heterocycles. The van der Waals surface area contributed by atoms with Gasteiger partial charge in [-0.25, -0.2) is 0 Å². The Morgan fingerprint density at radius 1 is 1.10 bits per heavy atom. The second-order valence-electron chi connectivity index (χ2n) is 4.48. The van der Waals surface area contributed by atoms with Crippen molar-refractivity contribution in [2.75, 3.05) is 14.2 Å². The molecule has 106 valence electrons. The van der Waals surface area contributed by atoms with E-state index in [-0.39, 0.29) is 0 Å². The Morgan fingerprint density at radius 3 is 2.50 bits per heavy atom. The quantitative estimate of drug-likeness (QED) is 0.870. The summed E-state index contributed by atoms with van der Waals surface area (Å²) in [6.07, 6.45) is 0. The number of ether oxygens (including phenoxy) is 2. The van der Waals surface area contributed by atoms with Gasteiger partial charge < -0.3 is 14.8 Å². The van der Waals surface area contributed by atoms with E-state index in [1.165, 1.54) is 5.56 Å². The van der Waals surface area contributed by atoms with Crippen LogP contribution in [0.1, 0.15) is 18.5 Å². The van der Waals surface area contributed by atoms with Crippen molar-refractivity contribution in [2.45, 2.75) is 13.0 Å². The number of benzene rings is 2. The first-order valence-corrected chi connectivity index (χ1v) is 7.22. The van der Waals surface area contributed by atoms with Crippen LogP contribution < -0.4 is 14.8 Å². The SMILES string of the molecule is CNC(C)c1ccc(Oc2cccc(OC)c2)c(Br)c1. The standard InChI is InChI=1S/C16H18BrNO2/c1-11(18-2)12-7-8-16(15(17)9-12)20-14-6-4-5-13(10-14)19-3/h4-11,18H,1-3H3. The Hall–Kier alpha value is -1.52. The molecule has 0 aliphatic rings. The van der Waals surface area contributed by atoms with Gasteiger partial charge in [0.25, 0.3) is 0 Å². The summed E-state index contributed by atoms with van der Waals surface area (Å²) in [7, 11) is 3.59. The van der Waals surface area contributed by atoms with E-state index in [1.54, 1.807) is 7.11 Å². The topological polar surface area (TPSA) is 30.5 Å². The number of hydrogen-bond acceptors (Lipinski definition) is 3. The van der Waals surface area contributed by atoms with E-state index in [2.05, 4.69) is 40.3 Å². The van der Waals surface area contributed by atoms with E-state index in [9.17, 15) is 0 Å². The molecule has 0 aliphatic carbocycles. The second kappa shape index (κ2) is 6.77. The predicted octanol–water partition coefficient (Wildman–Crippen LogP) is 4.53. The molecule has 4 heteroatoms. The fraction of sp³-hybridized carbons (Fsp3) is 0.250. The molecule has 0 radical (unpaired) electrons. The minimum absolute atomic E-state index is 0.303. The lowest BCUT2D eigenvalue weighted by Crippen LogP contribution is -2.12. The molecule has 0 bridgehead atoms. The molecule has 2 aromatic rings. The van der Waals surface area contributed by atoms with Crippen LogP contribution in [0.2, 0.25) is 0 Å². The van der Waals surface area contributed by atoms with Crippen LogP contribution in [-0.4, -0.2) is 14.2 Å². The van der Waals surface area contributed by atoms with Crippen molar-refractivity contribution in [3.63, 3.8) is 0 Å². The van der Waals surface area contributed by atoms with Crippen LogP contribution in [0.4, 0.5) is 0 Å². The van der Waals surface area contributed by atoms with Crippen LogP contribution in [0.15, 0.2) is 46.9 Å². The van der Waals surface area contributed by atoms with E-state index in [4.69, 9.17) is 9.47 Å². The summed E-state index contributed by atoms with van der Waals surface area (Å²) in [6.45, 7) is 2.12. The molecule has 0 amide bonds. The lowest BCUT2D eigenvalue weighted by atomic mass is 10.1. The normalized spacial score (nSPS) is 12.0. The van der Waals surface area contributed by atoms with Crippen molar-refractivity contribution >= 4 is 15.9 Å². The first kappa shape index (κ1) is 14.9. The van der Waals surface area contributed by atoms with Gasteiger partial charge in [0.15, 0.2) is 0 Å². The van der Waals surface area contributed by atoms with Gasteiger partial charge in [-0.3, -0.25) is 0 Å². The van der Waals surface area contributed by atoms with Crippen LogP contribution in [0.3, 0.4) is 0 Å². The summed E-state index contributed by atoms with van der Waals surface area (Å²) in [6, 6.07) is 13.9. The zero-order valence-electron chi connectivity index (χ0n) is 11.8. The van der Waals surface area contributed by atoms with Crippen molar-refractivity contribution in [2.24, 2.45) is 0 Å². The molecule has 2 aromatic carbocycles. The molecule has 0 fully saturated rings. The van der Waals surface area contributed by atoms with Crippen molar-refractivity contribution in [1.29, 1.82) is 0 Å². The highest BCUT2D eigenvalue weighted by molar-refractivity contribution is 9.10. The van der Waals surface area contributed by atoms with Crippen LogP contribution in [0.25, 0.3) is 0 Å². The van der Waals surface area contributed by atoms with Gasteiger partial charge in [0.1, 0.15) is 17.2 Å². The highest BCUT2D eigenvalue weighted by Gasteiger charge is 2.08. The Bertz CT molecular complexity index is 586. The van der Waals surface area contributed by atoms with Crippen LogP contribution >= 0.6 is 15.9 Å². The molecule has 0 spiro atoms. The maximum atomic E-state index is 5.87. The highest BCUT2D eigenvalue weighted by Crippen LogP contribution is 2.33. The van der Waals surface area contributed by atoms with Gasteiger partial charge in [0.05, 0.1) is 11.6 Å². The fourth-order valence-corrected chi connectivity index (χ4v) is 2.30. The summed E-state index contributed by atoms with van der Waals surface area (Å²) in [4.78, 5) is 0. The van der Waals surface area contributed by atoms with Crippen molar-refractivity contribution in [3.8, 4) is 17.2 Å². The summed E-state index contributed by atoms with van der Waals surface area (Å²) in [5.41, 5.74) is 1.21. The minimum Gasteiger partial charge on any atom is -0.497 e. The molecule has 0 heterocycles. The monoisotopic (exact) mass is 335 g/mol. The lowest BCUT2D eigenvalue weighted by molar-refractivity contribution is 0.409. The van der Waals surface area contributed by atoms with Crippen LogP contribution in [-0.2, 0) is 0 Å². The third-order valence-electron chi connectivity index (χ3n) is 3.16. The van der Waals surface area contributed by atoms with Gasteiger partial charge in [-0.15, -0.1) is 0 Å². The molecule has 20 heavy (non-hydrogen) atoms. The predicted molar refractivity (Wildman–Crippen MR) is 84.7 cm³/mol.